The van der Waals surface area contributed by atoms with Crippen LogP contribution in [-0.4, -0.2) is 18.4 Å². The minimum absolute atomic E-state index is 0.0236. The van der Waals surface area contributed by atoms with Gasteiger partial charge in [-0.25, -0.2) is 0 Å². The van der Waals surface area contributed by atoms with Crippen molar-refractivity contribution in [2.75, 3.05) is 7.11 Å². The number of hydrogen-bond donors (Lipinski definition) is 2. The van der Waals surface area contributed by atoms with Crippen LogP contribution in [0.4, 0.5) is 0 Å². The monoisotopic (exact) mass is 200 g/mol. The Kier molecular flexibility index (Phi) is 2.97. The number of benzene rings is 1. The summed E-state index contributed by atoms with van der Waals surface area (Å²) < 4.78 is 4.89. The molecule has 70 valence electrons. The lowest BCUT2D eigenvalue weighted by Gasteiger charge is -2.05. The molecule has 4 nitrogen and oxygen atoms in total. The topological polar surface area (TPSA) is 67.8 Å². The summed E-state index contributed by atoms with van der Waals surface area (Å²) in [5.74, 6) is 5.37. The first kappa shape index (κ1) is 9.67. The number of halogens is 1. The Hall–Kier alpha value is -1.42. The molecule has 5 heteroatoms. The van der Waals surface area contributed by atoms with Crippen molar-refractivity contribution in [2.45, 2.75) is 0 Å². The lowest BCUT2D eigenvalue weighted by Crippen LogP contribution is -1.90. The smallest absolute Gasteiger partial charge is 0.141 e. The predicted molar refractivity (Wildman–Crippen MR) is 51.5 cm³/mol. The Morgan fingerprint density at radius 3 is 2.85 bits per heavy atom. The predicted octanol–water partition coefficient (Wildman–Crippen LogP) is 1.35. The Labute approximate surface area is 80.6 Å². The second-order valence-corrected chi connectivity index (χ2v) is 2.73. The van der Waals surface area contributed by atoms with Crippen molar-refractivity contribution in [1.29, 1.82) is 0 Å². The van der Waals surface area contributed by atoms with Crippen molar-refractivity contribution < 1.29 is 9.84 Å². The standard InChI is InChI=1S/C8H9ClN2O2/c1-13-8-3-7(12)5(4-11-10)2-6(8)9/h2-4,12H,10H2,1H3. The maximum Gasteiger partial charge on any atom is 0.141 e. The van der Waals surface area contributed by atoms with Crippen LogP contribution < -0.4 is 10.6 Å². The van der Waals surface area contributed by atoms with Gasteiger partial charge in [0.05, 0.1) is 18.3 Å². The van der Waals surface area contributed by atoms with E-state index in [4.69, 9.17) is 22.2 Å². The third-order valence-electron chi connectivity index (χ3n) is 1.51. The van der Waals surface area contributed by atoms with Gasteiger partial charge in [0.25, 0.3) is 0 Å². The first-order chi connectivity index (χ1) is 6.19. The van der Waals surface area contributed by atoms with Crippen LogP contribution in [0.15, 0.2) is 17.2 Å². The molecule has 0 fully saturated rings. The average molecular weight is 201 g/mol. The largest absolute Gasteiger partial charge is 0.507 e. The molecular weight excluding hydrogens is 192 g/mol. The molecule has 0 atom stereocenters. The molecule has 0 spiro atoms. The van der Waals surface area contributed by atoms with Gasteiger partial charge < -0.3 is 15.7 Å². The molecule has 0 bridgehead atoms. The molecule has 1 rings (SSSR count). The summed E-state index contributed by atoms with van der Waals surface area (Å²) in [6.07, 6.45) is 1.31. The lowest BCUT2D eigenvalue weighted by molar-refractivity contribution is 0.408. The zero-order valence-electron chi connectivity index (χ0n) is 6.99. The van der Waals surface area contributed by atoms with E-state index in [0.717, 1.165) is 0 Å². The SMILES string of the molecule is COc1cc(O)c(C=NN)cc1Cl. The van der Waals surface area contributed by atoms with E-state index in [9.17, 15) is 5.11 Å². The highest BCUT2D eigenvalue weighted by molar-refractivity contribution is 6.32. The number of hydrogen-bond acceptors (Lipinski definition) is 4. The quantitative estimate of drug-likeness (QED) is 0.430. The second kappa shape index (κ2) is 4.00. The van der Waals surface area contributed by atoms with Gasteiger partial charge in [0, 0.05) is 11.6 Å². The van der Waals surface area contributed by atoms with E-state index in [-0.39, 0.29) is 5.75 Å². The molecule has 0 aliphatic heterocycles. The number of methoxy groups -OCH3 is 1. The van der Waals surface area contributed by atoms with Crippen LogP contribution in [0.2, 0.25) is 5.02 Å². The van der Waals surface area contributed by atoms with E-state index in [1.165, 1.54) is 25.5 Å². The fourth-order valence-corrected chi connectivity index (χ4v) is 1.15. The van der Waals surface area contributed by atoms with Gasteiger partial charge in [0.15, 0.2) is 0 Å². The fraction of sp³-hybridized carbons (Fsp3) is 0.125. The van der Waals surface area contributed by atoms with E-state index in [0.29, 0.717) is 16.3 Å². The number of ether oxygens (including phenoxy) is 1. The number of phenolic OH excluding ortho intramolecular Hbond substituents is 1. The minimum Gasteiger partial charge on any atom is -0.507 e. The Morgan fingerprint density at radius 1 is 1.62 bits per heavy atom. The minimum atomic E-state index is 0.0236. The Morgan fingerprint density at radius 2 is 2.31 bits per heavy atom. The van der Waals surface area contributed by atoms with E-state index < -0.39 is 0 Å². The van der Waals surface area contributed by atoms with Crippen LogP contribution in [0.1, 0.15) is 5.56 Å². The van der Waals surface area contributed by atoms with Gasteiger partial charge in [-0.1, -0.05) is 11.6 Å². The summed E-state index contributed by atoms with van der Waals surface area (Å²) in [4.78, 5) is 0. The molecule has 0 aliphatic rings. The number of nitrogens with two attached hydrogens (primary N) is 1. The molecule has 0 saturated carbocycles. The number of aromatic hydroxyl groups is 1. The number of hydrazone groups is 1. The van der Waals surface area contributed by atoms with Crippen LogP contribution in [-0.2, 0) is 0 Å². The van der Waals surface area contributed by atoms with Crippen molar-refractivity contribution in [3.63, 3.8) is 0 Å². The third kappa shape index (κ3) is 2.03. The van der Waals surface area contributed by atoms with Crippen molar-refractivity contribution in [3.8, 4) is 11.5 Å². The molecule has 3 N–H and O–H groups in total. The maximum atomic E-state index is 9.39. The highest BCUT2D eigenvalue weighted by Gasteiger charge is 2.06. The highest BCUT2D eigenvalue weighted by Crippen LogP contribution is 2.30. The van der Waals surface area contributed by atoms with Crippen molar-refractivity contribution in [2.24, 2.45) is 10.9 Å². The fourth-order valence-electron chi connectivity index (χ4n) is 0.898. The summed E-state index contributed by atoms with van der Waals surface area (Å²) in [6, 6.07) is 2.92. The first-order valence-electron chi connectivity index (χ1n) is 3.48. The molecule has 0 radical (unpaired) electrons. The normalized spacial score (nSPS) is 10.6. The number of rotatable bonds is 2. The van der Waals surface area contributed by atoms with Gasteiger partial charge in [0.1, 0.15) is 11.5 Å². The van der Waals surface area contributed by atoms with E-state index in [2.05, 4.69) is 5.10 Å². The van der Waals surface area contributed by atoms with Gasteiger partial charge >= 0.3 is 0 Å². The molecule has 0 amide bonds. The number of phenols is 1. The van der Waals surface area contributed by atoms with Crippen molar-refractivity contribution in [1.82, 2.24) is 0 Å². The van der Waals surface area contributed by atoms with E-state index >= 15 is 0 Å². The molecule has 0 aliphatic carbocycles. The van der Waals surface area contributed by atoms with Gasteiger partial charge in [-0.05, 0) is 6.07 Å². The molecule has 1 aromatic carbocycles. The van der Waals surface area contributed by atoms with E-state index in [1.807, 2.05) is 0 Å². The molecule has 13 heavy (non-hydrogen) atoms. The van der Waals surface area contributed by atoms with Crippen molar-refractivity contribution >= 4 is 17.8 Å². The summed E-state index contributed by atoms with van der Waals surface area (Å²) in [5, 5.41) is 13.1. The Balaban J connectivity index is 3.20. The van der Waals surface area contributed by atoms with Crippen molar-refractivity contribution in [3.05, 3.63) is 22.7 Å². The summed E-state index contributed by atoms with van der Waals surface area (Å²) in [5.41, 5.74) is 0.452. The Bertz CT molecular complexity index is 339. The molecule has 0 heterocycles. The summed E-state index contributed by atoms with van der Waals surface area (Å²) in [6.45, 7) is 0. The van der Waals surface area contributed by atoms with Crippen LogP contribution in [0.3, 0.4) is 0 Å². The second-order valence-electron chi connectivity index (χ2n) is 2.32. The zero-order chi connectivity index (χ0) is 9.84. The molecule has 0 saturated heterocycles. The molecule has 1 aromatic rings. The highest BCUT2D eigenvalue weighted by atomic mass is 35.5. The number of nitrogens with zero attached hydrogens (tertiary/aromatic N) is 1. The first-order valence-corrected chi connectivity index (χ1v) is 3.86. The zero-order valence-corrected chi connectivity index (χ0v) is 7.75. The molecular formula is C8H9ClN2O2. The van der Waals surface area contributed by atoms with Gasteiger partial charge in [0.2, 0.25) is 0 Å². The van der Waals surface area contributed by atoms with Crippen LogP contribution in [0.25, 0.3) is 0 Å². The third-order valence-corrected chi connectivity index (χ3v) is 1.81. The van der Waals surface area contributed by atoms with Crippen LogP contribution >= 0.6 is 11.6 Å². The van der Waals surface area contributed by atoms with Gasteiger partial charge in [-0.3, -0.25) is 0 Å². The lowest BCUT2D eigenvalue weighted by atomic mass is 10.2. The van der Waals surface area contributed by atoms with E-state index in [1.54, 1.807) is 0 Å². The molecule has 0 unspecified atom stereocenters. The maximum absolute atomic E-state index is 9.39. The van der Waals surface area contributed by atoms with Crippen LogP contribution in [0.5, 0.6) is 11.5 Å². The van der Waals surface area contributed by atoms with Crippen LogP contribution in [0, 0.1) is 0 Å². The summed E-state index contributed by atoms with van der Waals surface area (Å²) >= 11 is 5.80. The molecule has 0 aromatic heterocycles. The van der Waals surface area contributed by atoms with Gasteiger partial charge in [-0.15, -0.1) is 0 Å². The summed E-state index contributed by atoms with van der Waals surface area (Å²) in [7, 11) is 1.47. The average Bonchev–Trinajstić information content (AvgIpc) is 2.11. The van der Waals surface area contributed by atoms with Gasteiger partial charge in [-0.2, -0.15) is 5.10 Å².